The molecule has 0 N–H and O–H groups in total. The molecule has 3 aromatic heterocycles. The van der Waals surface area contributed by atoms with Gasteiger partial charge in [-0.3, -0.25) is 0 Å². The summed E-state index contributed by atoms with van der Waals surface area (Å²) in [6.45, 7) is 0. The predicted molar refractivity (Wildman–Crippen MR) is 342 cm³/mol. The van der Waals surface area contributed by atoms with Crippen LogP contribution in [0.25, 0.3) is 131 Å². The zero-order valence-electron chi connectivity index (χ0n) is 43.3. The molecule has 0 aliphatic carbocycles. The van der Waals surface area contributed by atoms with Crippen LogP contribution in [0.3, 0.4) is 0 Å². The van der Waals surface area contributed by atoms with Crippen LogP contribution in [0.4, 0.5) is 0 Å². The quantitative estimate of drug-likeness (QED) is 0.122. The predicted octanol–water partition coefficient (Wildman–Crippen LogP) is 20.8. The molecule has 0 unspecified atom stereocenters. The van der Waals surface area contributed by atoms with Crippen LogP contribution in [0.5, 0.6) is 0 Å². The van der Waals surface area contributed by atoms with Crippen LogP contribution < -0.4 is 0 Å². The summed E-state index contributed by atoms with van der Waals surface area (Å²) >= 11 is 5.16. The zero-order valence-corrected chi connectivity index (χ0v) is 45.8. The van der Waals surface area contributed by atoms with Crippen LogP contribution in [-0.4, -0.2) is 33.7 Å². The lowest BCUT2D eigenvalue weighted by Crippen LogP contribution is -1.91. The average molecular weight is 1050 g/mol. The SMILES string of the molecule is CSc1nc2ccccc2c2cc(-c3ccccc3)c3ccccc3c12.CSc1nc2ccccc2c2cc(-c3ccccc3)c3ccccc3c12.CSc1nc2ccccc2c2cc(-c3ccccc3)c3ccccc3c12. The van der Waals surface area contributed by atoms with Gasteiger partial charge in [-0.25, -0.2) is 15.0 Å². The second kappa shape index (κ2) is 21.5. The maximum absolute atomic E-state index is 4.94. The number of fused-ring (bicyclic) bond motifs is 15. The van der Waals surface area contributed by atoms with Gasteiger partial charge >= 0.3 is 0 Å². The molecule has 0 bridgehead atoms. The molecule has 78 heavy (non-hydrogen) atoms. The largest absolute Gasteiger partial charge is 0.241 e. The third kappa shape index (κ3) is 8.86. The number of hydrogen-bond acceptors (Lipinski definition) is 6. The summed E-state index contributed by atoms with van der Waals surface area (Å²) in [5, 5.41) is 22.1. The van der Waals surface area contributed by atoms with Crippen molar-refractivity contribution in [2.75, 3.05) is 18.8 Å². The maximum Gasteiger partial charge on any atom is 0.105 e. The molecule has 15 rings (SSSR count). The summed E-state index contributed by atoms with van der Waals surface area (Å²) in [4.78, 5) is 14.8. The second-order valence-corrected chi connectivity index (χ2v) is 21.6. The van der Waals surface area contributed by atoms with Crippen molar-refractivity contribution in [1.82, 2.24) is 15.0 Å². The number of benzene rings is 12. The van der Waals surface area contributed by atoms with E-state index in [0.29, 0.717) is 0 Å². The first kappa shape index (κ1) is 49.1. The van der Waals surface area contributed by atoms with E-state index in [1.807, 2.05) is 0 Å². The Bertz CT molecular complexity index is 4260. The van der Waals surface area contributed by atoms with Crippen molar-refractivity contribution in [3.63, 3.8) is 0 Å². The normalized spacial score (nSPS) is 11.4. The third-order valence-electron chi connectivity index (χ3n) is 14.9. The van der Waals surface area contributed by atoms with E-state index in [-0.39, 0.29) is 0 Å². The standard InChI is InChI=1S/3C24H17NS/c3*1-26-24-23-19-13-6-5-11-17(19)20(16-9-3-2-4-10-16)15-21(23)18-12-7-8-14-22(18)25-24/h3*2-15H,1H3. The van der Waals surface area contributed by atoms with Gasteiger partial charge in [0.25, 0.3) is 0 Å². The Morgan fingerprint density at radius 1 is 0.218 bits per heavy atom. The van der Waals surface area contributed by atoms with E-state index in [9.17, 15) is 0 Å². The molecule has 0 saturated heterocycles. The smallest absolute Gasteiger partial charge is 0.105 e. The van der Waals surface area contributed by atoms with E-state index in [1.165, 1.54) is 114 Å². The number of rotatable bonds is 6. The molecule has 0 fully saturated rings. The Morgan fingerprint density at radius 2 is 0.436 bits per heavy atom. The van der Waals surface area contributed by atoms with Crippen LogP contribution in [0, 0.1) is 0 Å². The van der Waals surface area contributed by atoms with Gasteiger partial charge in [0.15, 0.2) is 0 Å². The van der Waals surface area contributed by atoms with Crippen molar-refractivity contribution in [2.24, 2.45) is 0 Å². The van der Waals surface area contributed by atoms with Crippen LogP contribution in [0.1, 0.15) is 0 Å². The highest BCUT2D eigenvalue weighted by Gasteiger charge is 2.18. The number of hydrogen-bond donors (Lipinski definition) is 0. The molecule has 12 aromatic carbocycles. The molecule has 0 aliphatic rings. The molecule has 0 atom stereocenters. The first-order chi connectivity index (χ1) is 38.6. The van der Waals surface area contributed by atoms with Crippen molar-refractivity contribution in [2.45, 2.75) is 15.1 Å². The van der Waals surface area contributed by atoms with Crippen LogP contribution in [0.15, 0.2) is 270 Å². The van der Waals surface area contributed by atoms with Gasteiger partial charge in [0, 0.05) is 32.3 Å². The van der Waals surface area contributed by atoms with Crippen LogP contribution in [-0.2, 0) is 0 Å². The molecule has 0 radical (unpaired) electrons. The van der Waals surface area contributed by atoms with Gasteiger partial charge in [-0.1, -0.05) is 218 Å². The van der Waals surface area contributed by atoms with Crippen molar-refractivity contribution >= 4 is 133 Å². The van der Waals surface area contributed by atoms with E-state index in [4.69, 9.17) is 15.0 Å². The number of thioether (sulfide) groups is 3. The summed E-state index contributed by atoms with van der Waals surface area (Å²) in [6.07, 6.45) is 6.32. The topological polar surface area (TPSA) is 38.7 Å². The van der Waals surface area contributed by atoms with E-state index < -0.39 is 0 Å². The number of pyridine rings is 3. The number of para-hydroxylation sites is 3. The lowest BCUT2D eigenvalue weighted by molar-refractivity contribution is 1.24. The molecular formula is C72H51N3S3. The summed E-state index contributed by atoms with van der Waals surface area (Å²) in [7, 11) is 0. The molecule has 0 spiro atoms. The minimum atomic E-state index is 1.05. The Morgan fingerprint density at radius 3 is 0.692 bits per heavy atom. The molecule has 372 valence electrons. The summed E-state index contributed by atoms with van der Waals surface area (Å²) in [6, 6.07) is 90.3. The van der Waals surface area contributed by atoms with Gasteiger partial charge < -0.3 is 0 Å². The highest BCUT2D eigenvalue weighted by molar-refractivity contribution is 7.99. The molecule has 15 aromatic rings. The summed E-state index contributed by atoms with van der Waals surface area (Å²) in [5.41, 5.74) is 10.7. The van der Waals surface area contributed by atoms with Crippen molar-refractivity contribution in [1.29, 1.82) is 0 Å². The van der Waals surface area contributed by atoms with E-state index in [2.05, 4.69) is 274 Å². The minimum Gasteiger partial charge on any atom is -0.241 e. The molecule has 0 aliphatic heterocycles. The maximum atomic E-state index is 4.94. The number of aromatic nitrogens is 3. The first-order valence-electron chi connectivity index (χ1n) is 26.1. The second-order valence-electron chi connectivity index (χ2n) is 19.2. The van der Waals surface area contributed by atoms with Crippen molar-refractivity contribution in [3.05, 3.63) is 255 Å². The molecule has 6 heteroatoms. The minimum absolute atomic E-state index is 1.05. The van der Waals surface area contributed by atoms with Crippen LogP contribution >= 0.6 is 35.3 Å². The zero-order chi connectivity index (χ0) is 52.5. The Balaban J connectivity index is 0.000000111. The Kier molecular flexibility index (Phi) is 13.5. The average Bonchev–Trinajstić information content (AvgIpc) is 3.64. The van der Waals surface area contributed by atoms with E-state index >= 15 is 0 Å². The fraction of sp³-hybridized carbons (Fsp3) is 0.0417. The highest BCUT2D eigenvalue weighted by Crippen LogP contribution is 2.44. The fourth-order valence-corrected chi connectivity index (χ4v) is 13.2. The van der Waals surface area contributed by atoms with E-state index in [0.717, 1.165) is 31.6 Å². The van der Waals surface area contributed by atoms with Crippen molar-refractivity contribution in [3.8, 4) is 33.4 Å². The van der Waals surface area contributed by atoms with Gasteiger partial charge in [0.05, 0.1) is 16.6 Å². The van der Waals surface area contributed by atoms with Gasteiger partial charge in [0.2, 0.25) is 0 Å². The first-order valence-corrected chi connectivity index (χ1v) is 29.8. The highest BCUT2D eigenvalue weighted by atomic mass is 32.2. The van der Waals surface area contributed by atoms with Crippen LogP contribution in [0.2, 0.25) is 0 Å². The van der Waals surface area contributed by atoms with Gasteiger partial charge in [-0.15, -0.1) is 35.3 Å². The molecule has 3 heterocycles. The molecule has 0 amide bonds. The third-order valence-corrected chi connectivity index (χ3v) is 16.9. The fourth-order valence-electron chi connectivity index (χ4n) is 11.4. The lowest BCUT2D eigenvalue weighted by Gasteiger charge is -2.15. The van der Waals surface area contributed by atoms with E-state index in [1.54, 1.807) is 35.3 Å². The lowest BCUT2D eigenvalue weighted by atomic mass is 9.92. The molecular weight excluding hydrogens is 1000 g/mol. The van der Waals surface area contributed by atoms with Gasteiger partial charge in [-0.05, 0) is 137 Å². The Hall–Kier alpha value is -8.52. The Labute approximate surface area is 466 Å². The summed E-state index contributed by atoms with van der Waals surface area (Å²) < 4.78 is 0. The molecule has 3 nitrogen and oxygen atoms in total. The molecule has 0 saturated carbocycles. The van der Waals surface area contributed by atoms with Crippen molar-refractivity contribution < 1.29 is 0 Å². The van der Waals surface area contributed by atoms with Gasteiger partial charge in [0.1, 0.15) is 15.1 Å². The summed E-state index contributed by atoms with van der Waals surface area (Å²) in [5.74, 6) is 0. The number of nitrogens with zero attached hydrogens (tertiary/aromatic N) is 3. The monoisotopic (exact) mass is 1050 g/mol. The van der Waals surface area contributed by atoms with Gasteiger partial charge in [-0.2, -0.15) is 0 Å².